The molecular formula is C24H23ClF5N5O3S. The lowest BCUT2D eigenvalue weighted by molar-refractivity contribution is -0.124. The van der Waals surface area contributed by atoms with Crippen molar-refractivity contribution in [3.63, 3.8) is 0 Å². The standard InChI is InChI=1S/C24H23ClF5N5O3S/c1-14(11-33-22(31-3)24(28,29)30)18-8-15(9-20(25)34-18)12-32-21(36)19-10-23(2,27)13-35(19)39(37,38)17-6-4-16(26)5-7-17/h4-9,11,19H,3,10,12-13H2,1-2H3,(H,32,36)/b14-11+,33-22?/t19-,23+/m0/s1. The third-order valence-corrected chi connectivity index (χ3v) is 7.75. The highest BCUT2D eigenvalue weighted by Crippen LogP contribution is 2.35. The zero-order chi connectivity index (χ0) is 29.2. The molecule has 3 rings (SSSR count). The Bertz CT molecular complexity index is 1430. The number of carbonyl (C=O) groups excluding carboxylic acids is 1. The molecule has 2 heterocycles. The van der Waals surface area contributed by atoms with Crippen molar-refractivity contribution in [2.45, 2.75) is 49.6 Å². The van der Waals surface area contributed by atoms with Crippen molar-refractivity contribution in [1.29, 1.82) is 0 Å². The van der Waals surface area contributed by atoms with E-state index >= 15 is 0 Å². The Kier molecular flexibility index (Phi) is 8.92. The number of hydrogen-bond acceptors (Lipinski definition) is 5. The van der Waals surface area contributed by atoms with Crippen molar-refractivity contribution in [3.05, 3.63) is 64.8 Å². The first-order valence-corrected chi connectivity index (χ1v) is 13.0. The van der Waals surface area contributed by atoms with E-state index in [1.54, 1.807) is 0 Å². The van der Waals surface area contributed by atoms with Gasteiger partial charge in [0.25, 0.3) is 0 Å². The molecule has 2 aromatic rings. The molecule has 0 unspecified atom stereocenters. The maximum atomic E-state index is 14.9. The van der Waals surface area contributed by atoms with Crippen LogP contribution in [0, 0.1) is 5.82 Å². The summed E-state index contributed by atoms with van der Waals surface area (Å²) in [6.07, 6.45) is -4.33. The van der Waals surface area contributed by atoms with E-state index in [2.05, 4.69) is 27.0 Å². The first-order chi connectivity index (χ1) is 18.0. The van der Waals surface area contributed by atoms with E-state index in [1.807, 2.05) is 0 Å². The number of rotatable bonds is 7. The molecule has 1 N–H and O–H groups in total. The molecule has 2 atom stereocenters. The molecular weight excluding hydrogens is 569 g/mol. The minimum absolute atomic E-state index is 0.0379. The first-order valence-electron chi connectivity index (χ1n) is 11.2. The Balaban J connectivity index is 1.80. The molecule has 0 aliphatic carbocycles. The Labute approximate surface area is 226 Å². The minimum Gasteiger partial charge on any atom is -0.351 e. The van der Waals surface area contributed by atoms with Gasteiger partial charge in [0, 0.05) is 25.7 Å². The molecule has 1 aliphatic rings. The number of halogens is 6. The fraction of sp³-hybridized carbons (Fsp3) is 0.333. The number of nitrogens with one attached hydrogen (secondary N) is 1. The second-order valence-electron chi connectivity index (χ2n) is 8.96. The highest BCUT2D eigenvalue weighted by atomic mass is 35.5. The first kappa shape index (κ1) is 30.3. The molecule has 210 valence electrons. The van der Waals surface area contributed by atoms with Gasteiger partial charge in [0.1, 0.15) is 22.7 Å². The lowest BCUT2D eigenvalue weighted by Gasteiger charge is -2.23. The number of alkyl halides is 4. The molecule has 1 aliphatic heterocycles. The van der Waals surface area contributed by atoms with Crippen molar-refractivity contribution < 1.29 is 35.2 Å². The van der Waals surface area contributed by atoms with Crippen LogP contribution < -0.4 is 5.32 Å². The quantitative estimate of drug-likeness (QED) is 0.218. The van der Waals surface area contributed by atoms with Gasteiger partial charge in [0.05, 0.1) is 10.6 Å². The summed E-state index contributed by atoms with van der Waals surface area (Å²) in [5.41, 5.74) is -1.28. The van der Waals surface area contributed by atoms with Crippen LogP contribution in [-0.2, 0) is 21.4 Å². The number of carbonyl (C=O) groups is 1. The van der Waals surface area contributed by atoms with E-state index in [0.29, 0.717) is 5.56 Å². The molecule has 39 heavy (non-hydrogen) atoms. The fourth-order valence-corrected chi connectivity index (χ4v) is 5.74. The molecule has 1 amide bonds. The predicted molar refractivity (Wildman–Crippen MR) is 136 cm³/mol. The summed E-state index contributed by atoms with van der Waals surface area (Å²) in [6.45, 7) is 4.68. The van der Waals surface area contributed by atoms with Gasteiger partial charge in [-0.1, -0.05) is 11.6 Å². The van der Waals surface area contributed by atoms with Crippen molar-refractivity contribution >= 4 is 45.7 Å². The number of benzene rings is 1. The van der Waals surface area contributed by atoms with Gasteiger partial charge >= 0.3 is 6.18 Å². The monoisotopic (exact) mass is 591 g/mol. The summed E-state index contributed by atoms with van der Waals surface area (Å²) in [5, 5.41) is 2.50. The number of sulfonamides is 1. The van der Waals surface area contributed by atoms with Gasteiger partial charge in [-0.3, -0.25) is 4.79 Å². The summed E-state index contributed by atoms with van der Waals surface area (Å²) in [5.74, 6) is -2.90. The lowest BCUT2D eigenvalue weighted by Crippen LogP contribution is -2.45. The lowest BCUT2D eigenvalue weighted by atomic mass is 10.0. The maximum absolute atomic E-state index is 14.9. The second-order valence-corrected chi connectivity index (χ2v) is 11.2. The average Bonchev–Trinajstić information content (AvgIpc) is 3.18. The van der Waals surface area contributed by atoms with Gasteiger partial charge in [0.2, 0.25) is 21.8 Å². The van der Waals surface area contributed by atoms with Gasteiger partial charge in [-0.2, -0.15) is 17.5 Å². The van der Waals surface area contributed by atoms with Gasteiger partial charge < -0.3 is 5.32 Å². The zero-order valence-corrected chi connectivity index (χ0v) is 22.2. The number of amidine groups is 1. The normalized spacial score (nSPS) is 21.2. The smallest absolute Gasteiger partial charge is 0.351 e. The van der Waals surface area contributed by atoms with Gasteiger partial charge in [-0.25, -0.2) is 32.2 Å². The number of aromatic nitrogens is 1. The van der Waals surface area contributed by atoms with Crippen LogP contribution >= 0.6 is 11.6 Å². The van der Waals surface area contributed by atoms with E-state index in [1.165, 1.54) is 26.0 Å². The molecule has 0 spiro atoms. The van der Waals surface area contributed by atoms with E-state index in [0.717, 1.165) is 34.8 Å². The highest BCUT2D eigenvalue weighted by molar-refractivity contribution is 7.89. The number of nitrogens with zero attached hydrogens (tertiary/aromatic N) is 4. The van der Waals surface area contributed by atoms with Crippen LogP contribution in [0.15, 0.2) is 57.5 Å². The summed E-state index contributed by atoms with van der Waals surface area (Å²) in [4.78, 5) is 22.9. The van der Waals surface area contributed by atoms with Crippen LogP contribution in [0.5, 0.6) is 0 Å². The van der Waals surface area contributed by atoms with Crippen molar-refractivity contribution in [1.82, 2.24) is 14.6 Å². The van der Waals surface area contributed by atoms with E-state index in [9.17, 15) is 35.2 Å². The molecule has 15 heteroatoms. The number of allylic oxidation sites excluding steroid dienone is 1. The summed E-state index contributed by atoms with van der Waals surface area (Å²) >= 11 is 6.04. The SMILES string of the molecule is C=NC(=N/C=C(\C)c1cc(CNC(=O)[C@@H]2C[C@@](C)(F)CN2S(=O)(=O)c2ccc(F)cc2)cc(Cl)n1)C(F)(F)F. The Morgan fingerprint density at radius 1 is 1.31 bits per heavy atom. The van der Waals surface area contributed by atoms with Crippen LogP contribution in [0.1, 0.15) is 31.5 Å². The molecule has 1 aromatic heterocycles. The number of amides is 1. The molecule has 0 saturated carbocycles. The second kappa shape index (κ2) is 11.5. The molecule has 0 bridgehead atoms. The molecule has 1 aromatic carbocycles. The van der Waals surface area contributed by atoms with Crippen LogP contribution in [-0.4, -0.2) is 60.6 Å². The minimum atomic E-state index is -4.80. The Morgan fingerprint density at radius 2 is 1.95 bits per heavy atom. The maximum Gasteiger partial charge on any atom is 0.451 e. The number of aliphatic imine (C=N–C) groups is 2. The number of pyridine rings is 1. The van der Waals surface area contributed by atoms with Crippen molar-refractivity contribution in [2.75, 3.05) is 6.54 Å². The van der Waals surface area contributed by atoms with E-state index in [-0.39, 0.29) is 27.9 Å². The molecule has 0 radical (unpaired) electrons. The summed E-state index contributed by atoms with van der Waals surface area (Å²) in [7, 11) is -4.33. The van der Waals surface area contributed by atoms with Gasteiger partial charge in [0.15, 0.2) is 0 Å². The van der Waals surface area contributed by atoms with Crippen LogP contribution in [0.2, 0.25) is 5.15 Å². The van der Waals surface area contributed by atoms with Gasteiger partial charge in [-0.15, -0.1) is 0 Å². The predicted octanol–water partition coefficient (Wildman–Crippen LogP) is 4.70. The van der Waals surface area contributed by atoms with Crippen LogP contribution in [0.3, 0.4) is 0 Å². The summed E-state index contributed by atoms with van der Waals surface area (Å²) < 4.78 is 93.6. The van der Waals surface area contributed by atoms with Crippen LogP contribution in [0.25, 0.3) is 5.57 Å². The Morgan fingerprint density at radius 3 is 2.54 bits per heavy atom. The molecule has 1 saturated heterocycles. The van der Waals surface area contributed by atoms with E-state index < -0.39 is 58.4 Å². The fourth-order valence-electron chi connectivity index (χ4n) is 3.81. The van der Waals surface area contributed by atoms with Gasteiger partial charge in [-0.05, 0) is 68.1 Å². The zero-order valence-electron chi connectivity index (χ0n) is 20.6. The highest BCUT2D eigenvalue weighted by Gasteiger charge is 2.49. The largest absolute Gasteiger partial charge is 0.451 e. The molecule has 8 nitrogen and oxygen atoms in total. The van der Waals surface area contributed by atoms with Crippen molar-refractivity contribution in [3.8, 4) is 0 Å². The third kappa shape index (κ3) is 7.46. The average molecular weight is 592 g/mol. The molecule has 1 fully saturated rings. The van der Waals surface area contributed by atoms with Crippen LogP contribution in [0.4, 0.5) is 22.0 Å². The van der Waals surface area contributed by atoms with Crippen molar-refractivity contribution in [2.24, 2.45) is 9.98 Å². The topological polar surface area (TPSA) is 104 Å². The Hall–Kier alpha value is -3.23. The third-order valence-electron chi connectivity index (χ3n) is 5.68. The van der Waals surface area contributed by atoms with E-state index in [4.69, 9.17) is 11.6 Å². The number of hydrogen-bond donors (Lipinski definition) is 1. The summed E-state index contributed by atoms with van der Waals surface area (Å²) in [6, 6.07) is 5.36.